The van der Waals surface area contributed by atoms with Gasteiger partial charge in [-0.05, 0) is 41.0 Å². The zero-order valence-electron chi connectivity index (χ0n) is 17.5. The monoisotopic (exact) mass is 368 g/mol. The number of hydrogen-bond donors (Lipinski definition) is 0. The van der Waals surface area contributed by atoms with E-state index in [9.17, 15) is 9.59 Å². The summed E-state index contributed by atoms with van der Waals surface area (Å²) in [6.45, 7) is 12.1. The van der Waals surface area contributed by atoms with Crippen LogP contribution in [0.5, 0.6) is 0 Å². The molecule has 1 aromatic rings. The van der Waals surface area contributed by atoms with Gasteiger partial charge in [0.1, 0.15) is 0 Å². The Hall–Kier alpha value is -2.10. The third-order valence-electron chi connectivity index (χ3n) is 5.90. The third kappa shape index (κ3) is 3.67. The van der Waals surface area contributed by atoms with E-state index in [1.54, 1.807) is 4.57 Å². The highest BCUT2D eigenvalue weighted by Crippen LogP contribution is 2.22. The van der Waals surface area contributed by atoms with E-state index in [1.807, 2.05) is 18.0 Å². The summed E-state index contributed by atoms with van der Waals surface area (Å²) < 4.78 is 1.77. The second kappa shape index (κ2) is 7.49. The minimum Gasteiger partial charge on any atom is -0.337 e. The van der Waals surface area contributed by atoms with Crippen LogP contribution in [0, 0.1) is 11.8 Å². The summed E-state index contributed by atoms with van der Waals surface area (Å²) in [4.78, 5) is 27.4. The molecule has 4 nitrogen and oxygen atoms in total. The Morgan fingerprint density at radius 3 is 2.33 bits per heavy atom. The fraction of sp³-hybridized carbons (Fsp3) is 0.565. The summed E-state index contributed by atoms with van der Waals surface area (Å²) >= 11 is 0. The summed E-state index contributed by atoms with van der Waals surface area (Å²) in [5, 5.41) is 1.84. The van der Waals surface area contributed by atoms with E-state index in [0.717, 1.165) is 29.1 Å². The first kappa shape index (κ1) is 19.7. The van der Waals surface area contributed by atoms with Gasteiger partial charge in [-0.1, -0.05) is 52.3 Å². The smallest absolute Gasteiger partial charge is 0.258 e. The molecule has 0 aromatic carbocycles. The largest absolute Gasteiger partial charge is 0.337 e. The number of pyridine rings is 1. The molecule has 146 valence electrons. The van der Waals surface area contributed by atoms with E-state index < -0.39 is 0 Å². The fourth-order valence-electron chi connectivity index (χ4n) is 4.33. The quantitative estimate of drug-likeness (QED) is 0.819. The second-order valence-electron chi connectivity index (χ2n) is 8.76. The molecular weight excluding hydrogens is 336 g/mol. The Balaban J connectivity index is 2.21. The molecule has 2 aliphatic rings. The molecule has 1 saturated heterocycles. The highest BCUT2D eigenvalue weighted by Gasteiger charge is 2.28. The molecule has 2 heterocycles. The Kier molecular flexibility index (Phi) is 5.45. The molecule has 0 radical (unpaired) electrons. The first-order valence-electron chi connectivity index (χ1n) is 10.1. The van der Waals surface area contributed by atoms with E-state index in [4.69, 9.17) is 0 Å². The van der Waals surface area contributed by atoms with Gasteiger partial charge >= 0.3 is 0 Å². The number of rotatable bonds is 4. The van der Waals surface area contributed by atoms with E-state index in [-0.39, 0.29) is 17.4 Å². The Morgan fingerprint density at radius 1 is 1.07 bits per heavy atom. The molecule has 1 fully saturated rings. The van der Waals surface area contributed by atoms with Crippen molar-refractivity contribution in [1.82, 2.24) is 9.47 Å². The molecular formula is C23H32N2O2. The molecule has 4 heteroatoms. The predicted molar refractivity (Wildman–Crippen MR) is 111 cm³/mol. The van der Waals surface area contributed by atoms with Crippen molar-refractivity contribution in [3.05, 3.63) is 43.7 Å². The number of carbonyl (C=O) groups is 1. The maximum absolute atomic E-state index is 13.1. The average Bonchev–Trinajstić information content (AvgIpc) is 2.79. The van der Waals surface area contributed by atoms with Crippen LogP contribution in [0.3, 0.4) is 0 Å². The first-order chi connectivity index (χ1) is 12.7. The molecule has 27 heavy (non-hydrogen) atoms. The van der Waals surface area contributed by atoms with Crippen molar-refractivity contribution in [2.75, 3.05) is 6.54 Å². The maximum Gasteiger partial charge on any atom is 0.258 e. The summed E-state index contributed by atoms with van der Waals surface area (Å²) in [5.41, 5.74) is 3.55. The molecule has 1 aliphatic heterocycles. The SMILES string of the molecule is CC1CC(=O)N(Cc2c(C(C)C)c3c(c(=O)n2C)=CC=C(C(C)C)CC=3)C1. The molecule has 0 N–H and O–H groups in total. The molecule has 3 rings (SSSR count). The minimum absolute atomic E-state index is 0.0293. The topological polar surface area (TPSA) is 42.3 Å². The van der Waals surface area contributed by atoms with Gasteiger partial charge in [0.15, 0.2) is 0 Å². The van der Waals surface area contributed by atoms with E-state index in [1.165, 1.54) is 11.1 Å². The van der Waals surface area contributed by atoms with E-state index in [0.29, 0.717) is 24.8 Å². The lowest BCUT2D eigenvalue weighted by Gasteiger charge is -2.23. The normalized spacial score (nSPS) is 19.7. The van der Waals surface area contributed by atoms with Crippen molar-refractivity contribution < 1.29 is 4.79 Å². The van der Waals surface area contributed by atoms with Crippen molar-refractivity contribution in [3.63, 3.8) is 0 Å². The van der Waals surface area contributed by atoms with Gasteiger partial charge in [0.05, 0.1) is 6.54 Å². The number of nitrogens with zero attached hydrogens (tertiary/aromatic N) is 2. The molecule has 1 atom stereocenters. The van der Waals surface area contributed by atoms with Crippen molar-refractivity contribution in [3.8, 4) is 0 Å². The van der Waals surface area contributed by atoms with Crippen LogP contribution in [0.1, 0.15) is 64.6 Å². The Bertz CT molecular complexity index is 964. The molecule has 1 aromatic heterocycles. The molecule has 0 spiro atoms. The Labute approximate surface area is 161 Å². The molecule has 0 bridgehead atoms. The average molecular weight is 369 g/mol. The van der Waals surface area contributed by atoms with Crippen LogP contribution < -0.4 is 16.0 Å². The van der Waals surface area contributed by atoms with Gasteiger partial charge in [0.25, 0.3) is 5.56 Å². The van der Waals surface area contributed by atoms with Crippen molar-refractivity contribution >= 4 is 18.1 Å². The summed E-state index contributed by atoms with van der Waals surface area (Å²) in [6.07, 6.45) is 7.81. The van der Waals surface area contributed by atoms with Gasteiger partial charge in [0.2, 0.25) is 5.91 Å². The van der Waals surface area contributed by atoms with Gasteiger partial charge in [-0.2, -0.15) is 0 Å². The number of likely N-dealkylation sites (tertiary alicyclic amines) is 1. The van der Waals surface area contributed by atoms with Crippen molar-refractivity contribution in [2.45, 2.75) is 59.9 Å². The number of carbonyl (C=O) groups excluding carboxylic acids is 1. The number of fused-ring (bicyclic) bond motifs is 1. The summed E-state index contributed by atoms with van der Waals surface area (Å²) in [6, 6.07) is 0. The fourth-order valence-corrected chi connectivity index (χ4v) is 4.33. The molecule has 1 aliphatic carbocycles. The zero-order chi connectivity index (χ0) is 19.9. The van der Waals surface area contributed by atoms with Crippen LogP contribution in [0.15, 0.2) is 16.4 Å². The number of allylic oxidation sites excluding steroid dienone is 2. The van der Waals surface area contributed by atoms with Crippen molar-refractivity contribution in [1.29, 1.82) is 0 Å². The van der Waals surface area contributed by atoms with Crippen LogP contribution >= 0.6 is 0 Å². The lowest BCUT2D eigenvalue weighted by Crippen LogP contribution is -2.48. The minimum atomic E-state index is 0.0293. The van der Waals surface area contributed by atoms with Gasteiger partial charge < -0.3 is 9.47 Å². The van der Waals surface area contributed by atoms with Gasteiger partial charge in [-0.25, -0.2) is 0 Å². The van der Waals surface area contributed by atoms with Crippen LogP contribution in [0.25, 0.3) is 12.2 Å². The van der Waals surface area contributed by atoms with Crippen LogP contribution in [0.4, 0.5) is 0 Å². The van der Waals surface area contributed by atoms with Gasteiger partial charge in [-0.15, -0.1) is 0 Å². The summed E-state index contributed by atoms with van der Waals surface area (Å²) in [5.74, 6) is 1.32. The zero-order valence-corrected chi connectivity index (χ0v) is 17.5. The molecule has 0 saturated carbocycles. The van der Waals surface area contributed by atoms with Crippen molar-refractivity contribution in [2.24, 2.45) is 18.9 Å². The maximum atomic E-state index is 13.1. The second-order valence-corrected chi connectivity index (χ2v) is 8.76. The lowest BCUT2D eigenvalue weighted by molar-refractivity contribution is -0.128. The number of amides is 1. The number of hydrogen-bond acceptors (Lipinski definition) is 2. The summed E-state index contributed by atoms with van der Waals surface area (Å²) in [7, 11) is 1.85. The third-order valence-corrected chi connectivity index (χ3v) is 5.90. The highest BCUT2D eigenvalue weighted by atomic mass is 16.2. The van der Waals surface area contributed by atoms with E-state index >= 15 is 0 Å². The van der Waals surface area contributed by atoms with Crippen LogP contribution in [-0.4, -0.2) is 21.9 Å². The molecule has 1 unspecified atom stereocenters. The predicted octanol–water partition coefficient (Wildman–Crippen LogP) is 2.42. The Morgan fingerprint density at radius 2 is 1.78 bits per heavy atom. The van der Waals surface area contributed by atoms with E-state index in [2.05, 4.69) is 46.8 Å². The first-order valence-corrected chi connectivity index (χ1v) is 10.1. The lowest BCUT2D eigenvalue weighted by atomic mass is 9.95. The van der Waals surface area contributed by atoms with Crippen LogP contribution in [0.2, 0.25) is 0 Å². The van der Waals surface area contributed by atoms with Gasteiger partial charge in [0, 0.05) is 30.9 Å². The van der Waals surface area contributed by atoms with Crippen LogP contribution in [-0.2, 0) is 18.4 Å². The molecule has 1 amide bonds. The standard InChI is InChI=1S/C23H32N2O2/c1-14(2)17-7-9-18-19(10-8-17)23(27)24(6)20(22(18)15(3)4)13-25-12-16(5)11-21(25)26/h8-10,14-16H,7,11-13H2,1-6H3. The highest BCUT2D eigenvalue weighted by molar-refractivity contribution is 5.78. The van der Waals surface area contributed by atoms with Gasteiger partial charge in [-0.3, -0.25) is 9.59 Å². The number of aromatic nitrogens is 1.